The first kappa shape index (κ1) is 25.9. The average molecular weight is 529 g/mol. The lowest BCUT2D eigenvalue weighted by atomic mass is 9.87. The quantitative estimate of drug-likeness (QED) is 0.190. The van der Waals surface area contributed by atoms with Crippen molar-refractivity contribution in [1.29, 1.82) is 10.5 Å². The van der Waals surface area contributed by atoms with Gasteiger partial charge in [0.2, 0.25) is 0 Å². The zero-order chi connectivity index (χ0) is 27.2. The third kappa shape index (κ3) is 3.83. The summed E-state index contributed by atoms with van der Waals surface area (Å²) in [5, 5.41) is 21.6. The summed E-state index contributed by atoms with van der Waals surface area (Å²) in [6.07, 6.45) is 0. The van der Waals surface area contributed by atoms with Crippen LogP contribution in [-0.4, -0.2) is 17.8 Å². The maximum Gasteiger partial charge on any atom is 0.380 e. The molecule has 4 nitrogen and oxygen atoms in total. The van der Waals surface area contributed by atoms with Gasteiger partial charge in [-0.3, -0.25) is 0 Å². The zero-order valence-corrected chi connectivity index (χ0v) is 19.5. The minimum Gasteiger partial charge on any atom is -0.194 e. The Morgan fingerprint density at radius 3 is 2.03 bits per heavy atom. The van der Waals surface area contributed by atoms with Gasteiger partial charge in [-0.05, 0) is 47.0 Å². The van der Waals surface area contributed by atoms with E-state index < -0.39 is 51.2 Å². The summed E-state index contributed by atoms with van der Waals surface area (Å²) in [6.45, 7) is 1.32. The van der Waals surface area contributed by atoms with Crippen molar-refractivity contribution in [3.63, 3.8) is 0 Å². The molecule has 1 aromatic heterocycles. The van der Waals surface area contributed by atoms with Crippen LogP contribution < -0.4 is 0 Å². The first-order valence-corrected chi connectivity index (χ1v) is 11.3. The molecule has 0 radical (unpaired) electrons. The number of aryl methyl sites for hydroxylation is 1. The van der Waals surface area contributed by atoms with Gasteiger partial charge in [0.25, 0.3) is 0 Å². The Morgan fingerprint density at radius 2 is 1.49 bits per heavy atom. The van der Waals surface area contributed by atoms with E-state index in [2.05, 4.69) is 5.18 Å². The third-order valence-electron chi connectivity index (χ3n) is 5.90. The summed E-state index contributed by atoms with van der Waals surface area (Å²) in [7, 11) is 0. The maximum absolute atomic E-state index is 15.4. The lowest BCUT2D eigenvalue weighted by Gasteiger charge is -2.26. The summed E-state index contributed by atoms with van der Waals surface area (Å²) in [6, 6.07) is 16.1. The Kier molecular flexibility index (Phi) is 6.30. The fraction of sp³-hybridized carbons (Fsp3) is 0.154. The van der Waals surface area contributed by atoms with Crippen LogP contribution in [0.4, 0.5) is 32.0 Å². The summed E-state index contributed by atoms with van der Waals surface area (Å²) in [4.78, 5) is 11.2. The molecule has 0 amide bonds. The molecule has 0 saturated heterocycles. The highest BCUT2D eigenvalue weighted by Gasteiger charge is 2.80. The van der Waals surface area contributed by atoms with Crippen molar-refractivity contribution in [2.45, 2.75) is 24.7 Å². The summed E-state index contributed by atoms with van der Waals surface area (Å²) in [5.41, 5.74) is -6.26. The molecule has 0 fully saturated rings. The minimum atomic E-state index is -5.88. The molecular formula is C26H13F6N3OS. The average Bonchev–Trinajstić information content (AvgIpc) is 3.30. The third-order valence-corrected chi connectivity index (χ3v) is 7.00. The first-order valence-electron chi connectivity index (χ1n) is 10.5. The van der Waals surface area contributed by atoms with Crippen molar-refractivity contribution in [2.75, 3.05) is 0 Å². The van der Waals surface area contributed by atoms with Gasteiger partial charge in [0.15, 0.2) is 0 Å². The Balaban J connectivity index is 2.14. The minimum absolute atomic E-state index is 0.0508. The Morgan fingerprint density at radius 1 is 0.892 bits per heavy atom. The Labute approximate surface area is 210 Å². The summed E-state index contributed by atoms with van der Waals surface area (Å²) < 4.78 is 91.1. The van der Waals surface area contributed by atoms with Gasteiger partial charge in [-0.1, -0.05) is 42.5 Å². The van der Waals surface area contributed by atoms with Crippen LogP contribution >= 0.6 is 11.3 Å². The molecule has 0 aliphatic heterocycles. The molecule has 0 saturated carbocycles. The fourth-order valence-corrected chi connectivity index (χ4v) is 5.16. The molecule has 1 heterocycles. The van der Waals surface area contributed by atoms with Crippen LogP contribution in [0.1, 0.15) is 16.0 Å². The molecule has 0 bridgehead atoms. The van der Waals surface area contributed by atoms with Crippen molar-refractivity contribution in [1.82, 2.24) is 0 Å². The first-order chi connectivity index (χ1) is 17.4. The van der Waals surface area contributed by atoms with Crippen molar-refractivity contribution in [2.24, 2.45) is 5.18 Å². The number of hydrogen-bond donors (Lipinski definition) is 0. The number of rotatable bonds is 5. The van der Waals surface area contributed by atoms with E-state index in [1.54, 1.807) is 30.3 Å². The number of nitriles is 2. The van der Waals surface area contributed by atoms with E-state index >= 15 is 17.6 Å². The van der Waals surface area contributed by atoms with Crippen LogP contribution in [0.3, 0.4) is 0 Å². The van der Waals surface area contributed by atoms with E-state index in [1.165, 1.54) is 19.1 Å². The second-order valence-corrected chi connectivity index (χ2v) is 9.29. The zero-order valence-electron chi connectivity index (χ0n) is 18.7. The van der Waals surface area contributed by atoms with Crippen LogP contribution in [-0.2, 0) is 0 Å². The van der Waals surface area contributed by atoms with Gasteiger partial charge < -0.3 is 0 Å². The molecule has 1 aliphatic carbocycles. The number of nitroso groups, excluding NO2 is 1. The van der Waals surface area contributed by atoms with E-state index in [0.717, 1.165) is 41.7 Å². The van der Waals surface area contributed by atoms with Gasteiger partial charge in [0, 0.05) is 26.5 Å². The Bertz CT molecular complexity index is 1530. The molecule has 37 heavy (non-hydrogen) atoms. The van der Waals surface area contributed by atoms with E-state index in [9.17, 15) is 24.2 Å². The van der Waals surface area contributed by atoms with Crippen LogP contribution in [0.25, 0.3) is 21.6 Å². The number of thiophene rings is 1. The van der Waals surface area contributed by atoms with E-state index in [0.29, 0.717) is 10.4 Å². The number of benzene rings is 2. The molecule has 1 aliphatic rings. The monoisotopic (exact) mass is 529 g/mol. The highest BCUT2D eigenvalue weighted by Crippen LogP contribution is 2.65. The number of halogens is 6. The Hall–Kier alpha value is -4.22. The lowest BCUT2D eigenvalue weighted by molar-refractivity contribution is -0.258. The van der Waals surface area contributed by atoms with Gasteiger partial charge in [0.05, 0.1) is 0 Å². The van der Waals surface area contributed by atoms with Gasteiger partial charge in [0.1, 0.15) is 23.4 Å². The normalized spacial score (nSPS) is 17.1. The van der Waals surface area contributed by atoms with Gasteiger partial charge in [-0.25, -0.2) is 0 Å². The van der Waals surface area contributed by atoms with E-state index in [4.69, 9.17) is 0 Å². The van der Waals surface area contributed by atoms with Gasteiger partial charge in [-0.2, -0.15) is 36.9 Å². The molecule has 11 heteroatoms. The molecular weight excluding hydrogens is 516 g/mol. The second kappa shape index (κ2) is 9.02. The molecule has 4 rings (SSSR count). The molecule has 186 valence electrons. The molecule has 0 N–H and O–H groups in total. The van der Waals surface area contributed by atoms with Crippen LogP contribution in [0, 0.1) is 34.5 Å². The van der Waals surface area contributed by atoms with Crippen LogP contribution in [0.2, 0.25) is 0 Å². The maximum atomic E-state index is 15.4. The number of nitrogens with zero attached hydrogens (tertiary/aromatic N) is 3. The van der Waals surface area contributed by atoms with Crippen molar-refractivity contribution < 1.29 is 26.3 Å². The molecule has 2 aromatic carbocycles. The summed E-state index contributed by atoms with van der Waals surface area (Å²) in [5.74, 6) is -16.7. The lowest BCUT2D eigenvalue weighted by Crippen LogP contribution is -2.49. The predicted octanol–water partition coefficient (Wildman–Crippen LogP) is 8.30. The topological polar surface area (TPSA) is 77.0 Å². The predicted molar refractivity (Wildman–Crippen MR) is 126 cm³/mol. The fourth-order valence-electron chi connectivity index (χ4n) is 4.13. The smallest absolute Gasteiger partial charge is 0.194 e. The second-order valence-electron chi connectivity index (χ2n) is 8.03. The number of hydrogen-bond acceptors (Lipinski definition) is 5. The molecule has 0 unspecified atom stereocenters. The van der Waals surface area contributed by atoms with Crippen molar-refractivity contribution in [3.8, 4) is 22.6 Å². The number of alkyl halides is 6. The van der Waals surface area contributed by atoms with Crippen LogP contribution in [0.5, 0.6) is 0 Å². The van der Waals surface area contributed by atoms with E-state index in [1.807, 2.05) is 0 Å². The van der Waals surface area contributed by atoms with Gasteiger partial charge in [-0.15, -0.1) is 16.2 Å². The van der Waals surface area contributed by atoms with Crippen molar-refractivity contribution >= 4 is 28.2 Å². The SMILES string of the molecule is Cc1sc(-c2ccccc2)cc1C1=C(C(=C(C#N)C#N)c2ccc(N=O)cc2)C(F)(F)C(F)(F)C1(F)F. The van der Waals surface area contributed by atoms with Crippen molar-refractivity contribution in [3.05, 3.63) is 92.7 Å². The molecule has 0 spiro atoms. The largest absolute Gasteiger partial charge is 0.380 e. The molecule has 0 atom stereocenters. The highest BCUT2D eigenvalue weighted by atomic mass is 32.1. The molecule has 3 aromatic rings. The van der Waals surface area contributed by atoms with Crippen LogP contribution in [0.15, 0.2) is 77.0 Å². The summed E-state index contributed by atoms with van der Waals surface area (Å²) >= 11 is 0.939. The standard InChI is InChI=1S/C26H13F6N3OS/c1-14-19(11-20(37-14)15-5-3-2-4-6-15)22-23(25(29,30)26(31,32)24(22,27)28)21(17(12-33)13-34)16-7-9-18(35-36)10-8-16/h2-11H,1H3. The van der Waals surface area contributed by atoms with Gasteiger partial charge >= 0.3 is 17.8 Å². The highest BCUT2D eigenvalue weighted by molar-refractivity contribution is 7.15. The number of allylic oxidation sites excluding steroid dienone is 4. The van der Waals surface area contributed by atoms with E-state index in [-0.39, 0.29) is 10.6 Å².